The van der Waals surface area contributed by atoms with E-state index >= 15 is 0 Å². The molecule has 2 aromatic carbocycles. The zero-order valence-corrected chi connectivity index (χ0v) is 12.1. The quantitative estimate of drug-likeness (QED) is 0.787. The van der Waals surface area contributed by atoms with Crippen LogP contribution in [0.4, 0.5) is 0 Å². The summed E-state index contributed by atoms with van der Waals surface area (Å²) in [7, 11) is 0. The van der Waals surface area contributed by atoms with E-state index in [1.54, 1.807) is 6.07 Å². The molecule has 1 heteroatoms. The Morgan fingerprint density at radius 1 is 0.737 bits per heavy atom. The van der Waals surface area contributed by atoms with Crippen LogP contribution in [0.3, 0.4) is 0 Å². The van der Waals surface area contributed by atoms with Gasteiger partial charge in [-0.05, 0) is 34.6 Å². The first kappa shape index (κ1) is 13.7. The third kappa shape index (κ3) is 2.65. The average molecular weight is 254 g/mol. The minimum atomic E-state index is 0.374. The van der Waals surface area contributed by atoms with Gasteiger partial charge in [0.15, 0.2) is 0 Å². The van der Waals surface area contributed by atoms with Crippen molar-refractivity contribution in [3.05, 3.63) is 53.6 Å². The minimum Gasteiger partial charge on any atom is -0.507 e. The Balaban J connectivity index is 2.72. The molecule has 0 atom stereocenters. The molecular weight excluding hydrogens is 232 g/mol. The summed E-state index contributed by atoms with van der Waals surface area (Å²) in [5.41, 5.74) is 4.63. The Morgan fingerprint density at radius 2 is 1.32 bits per heavy atom. The first-order valence-corrected chi connectivity index (χ1v) is 6.93. The molecule has 0 aromatic heterocycles. The summed E-state index contributed by atoms with van der Waals surface area (Å²) in [6.07, 6.45) is 0. The maximum Gasteiger partial charge on any atom is 0.123 e. The molecule has 2 aromatic rings. The molecule has 0 amide bonds. The Morgan fingerprint density at radius 3 is 1.95 bits per heavy atom. The van der Waals surface area contributed by atoms with Crippen molar-refractivity contribution in [1.82, 2.24) is 0 Å². The van der Waals surface area contributed by atoms with Gasteiger partial charge in [0.2, 0.25) is 0 Å². The molecule has 0 heterocycles. The van der Waals surface area contributed by atoms with Crippen LogP contribution in [-0.2, 0) is 0 Å². The maximum absolute atomic E-state index is 10.3. The van der Waals surface area contributed by atoms with Gasteiger partial charge in [0.1, 0.15) is 5.75 Å². The van der Waals surface area contributed by atoms with Gasteiger partial charge >= 0.3 is 0 Å². The number of phenols is 1. The van der Waals surface area contributed by atoms with Crippen LogP contribution < -0.4 is 0 Å². The molecule has 0 aliphatic carbocycles. The second-order valence-corrected chi connectivity index (χ2v) is 5.64. The molecule has 0 radical (unpaired) electrons. The highest BCUT2D eigenvalue weighted by atomic mass is 16.3. The number of hydrogen-bond donors (Lipinski definition) is 1. The van der Waals surface area contributed by atoms with Crippen molar-refractivity contribution in [2.45, 2.75) is 39.5 Å². The fourth-order valence-corrected chi connectivity index (χ4v) is 2.56. The number of benzene rings is 2. The maximum atomic E-state index is 10.3. The van der Waals surface area contributed by atoms with Crippen molar-refractivity contribution < 1.29 is 5.11 Å². The van der Waals surface area contributed by atoms with E-state index in [-0.39, 0.29) is 0 Å². The molecule has 100 valence electrons. The molecule has 1 N–H and O–H groups in total. The topological polar surface area (TPSA) is 20.2 Å². The average Bonchev–Trinajstić information content (AvgIpc) is 2.38. The molecule has 0 fully saturated rings. The number of aromatic hydroxyl groups is 1. The van der Waals surface area contributed by atoms with Crippen molar-refractivity contribution in [3.63, 3.8) is 0 Å². The summed E-state index contributed by atoms with van der Waals surface area (Å²) < 4.78 is 0. The number of phenolic OH excluding ortho intramolecular Hbond substituents is 1. The Labute approximate surface area is 115 Å². The van der Waals surface area contributed by atoms with E-state index in [0.29, 0.717) is 17.6 Å². The van der Waals surface area contributed by atoms with Crippen molar-refractivity contribution in [3.8, 4) is 16.9 Å². The zero-order chi connectivity index (χ0) is 14.0. The van der Waals surface area contributed by atoms with E-state index in [9.17, 15) is 5.11 Å². The van der Waals surface area contributed by atoms with Gasteiger partial charge in [-0.2, -0.15) is 0 Å². The van der Waals surface area contributed by atoms with Crippen LogP contribution in [0.5, 0.6) is 5.75 Å². The molecule has 0 aliphatic heterocycles. The van der Waals surface area contributed by atoms with Crippen molar-refractivity contribution in [1.29, 1.82) is 0 Å². The van der Waals surface area contributed by atoms with Gasteiger partial charge < -0.3 is 5.11 Å². The summed E-state index contributed by atoms with van der Waals surface area (Å²) in [4.78, 5) is 0. The standard InChI is InChI=1S/C18H22O/c1-12(2)14-8-5-6-9-16(14)18-15(13(3)4)10-7-11-17(18)19/h5-13,19H,1-4H3. The van der Waals surface area contributed by atoms with Gasteiger partial charge in [0.25, 0.3) is 0 Å². The van der Waals surface area contributed by atoms with Crippen LogP contribution in [0.2, 0.25) is 0 Å². The minimum absolute atomic E-state index is 0.374. The van der Waals surface area contributed by atoms with Crippen LogP contribution in [0.15, 0.2) is 42.5 Å². The van der Waals surface area contributed by atoms with E-state index in [2.05, 4.69) is 52.0 Å². The third-order valence-corrected chi connectivity index (χ3v) is 3.55. The molecule has 0 aliphatic rings. The first-order chi connectivity index (χ1) is 9.02. The second kappa shape index (κ2) is 5.48. The predicted octanol–water partition coefficient (Wildman–Crippen LogP) is 5.31. The fraction of sp³-hybridized carbons (Fsp3) is 0.333. The van der Waals surface area contributed by atoms with Crippen LogP contribution in [0.25, 0.3) is 11.1 Å². The number of rotatable bonds is 3. The van der Waals surface area contributed by atoms with Crippen molar-refractivity contribution >= 4 is 0 Å². The second-order valence-electron chi connectivity index (χ2n) is 5.64. The van der Waals surface area contributed by atoms with Gasteiger partial charge in [-0.1, -0.05) is 64.1 Å². The molecule has 1 nitrogen and oxygen atoms in total. The van der Waals surface area contributed by atoms with E-state index in [1.165, 1.54) is 11.1 Å². The fourth-order valence-electron chi connectivity index (χ4n) is 2.56. The molecule has 19 heavy (non-hydrogen) atoms. The lowest BCUT2D eigenvalue weighted by atomic mass is 9.86. The van der Waals surface area contributed by atoms with E-state index in [1.807, 2.05) is 12.1 Å². The van der Waals surface area contributed by atoms with Gasteiger partial charge in [-0.3, -0.25) is 0 Å². The largest absolute Gasteiger partial charge is 0.507 e. The molecule has 0 spiro atoms. The van der Waals surface area contributed by atoms with Gasteiger partial charge in [-0.15, -0.1) is 0 Å². The summed E-state index contributed by atoms with van der Waals surface area (Å²) >= 11 is 0. The third-order valence-electron chi connectivity index (χ3n) is 3.55. The monoisotopic (exact) mass is 254 g/mol. The Bertz CT molecular complexity index is 568. The van der Waals surface area contributed by atoms with Crippen molar-refractivity contribution in [2.24, 2.45) is 0 Å². The van der Waals surface area contributed by atoms with Crippen molar-refractivity contribution in [2.75, 3.05) is 0 Å². The van der Waals surface area contributed by atoms with E-state index in [0.717, 1.165) is 11.1 Å². The molecule has 0 saturated heterocycles. The van der Waals surface area contributed by atoms with Crippen LogP contribution in [-0.4, -0.2) is 5.11 Å². The van der Waals surface area contributed by atoms with Gasteiger partial charge in [0.05, 0.1) is 0 Å². The first-order valence-electron chi connectivity index (χ1n) is 6.93. The van der Waals surface area contributed by atoms with E-state index < -0.39 is 0 Å². The molecule has 0 unspecified atom stereocenters. The van der Waals surface area contributed by atoms with Gasteiger partial charge in [-0.25, -0.2) is 0 Å². The predicted molar refractivity (Wildman–Crippen MR) is 81.7 cm³/mol. The summed E-state index contributed by atoms with van der Waals surface area (Å²) in [5.74, 6) is 1.21. The molecule has 2 rings (SSSR count). The highest BCUT2D eigenvalue weighted by molar-refractivity contribution is 5.77. The Hall–Kier alpha value is -1.76. The van der Waals surface area contributed by atoms with Gasteiger partial charge in [0, 0.05) is 5.56 Å². The summed E-state index contributed by atoms with van der Waals surface area (Å²) in [6.45, 7) is 8.70. The molecular formula is C18H22O. The summed E-state index contributed by atoms with van der Waals surface area (Å²) in [5, 5.41) is 10.3. The number of hydrogen-bond acceptors (Lipinski definition) is 1. The SMILES string of the molecule is CC(C)c1ccccc1-c1c(O)cccc1C(C)C. The molecule has 0 bridgehead atoms. The lowest BCUT2D eigenvalue weighted by molar-refractivity contribution is 0.476. The zero-order valence-electron chi connectivity index (χ0n) is 12.1. The smallest absolute Gasteiger partial charge is 0.123 e. The van der Waals surface area contributed by atoms with Crippen LogP contribution >= 0.6 is 0 Å². The summed E-state index contributed by atoms with van der Waals surface area (Å²) in [6, 6.07) is 14.2. The Kier molecular flexibility index (Phi) is 3.94. The lowest BCUT2D eigenvalue weighted by Crippen LogP contribution is -1.97. The highest BCUT2D eigenvalue weighted by Gasteiger charge is 2.16. The van der Waals surface area contributed by atoms with Crippen LogP contribution in [0.1, 0.15) is 50.7 Å². The van der Waals surface area contributed by atoms with Crippen LogP contribution in [0, 0.1) is 0 Å². The lowest BCUT2D eigenvalue weighted by Gasteiger charge is -2.19. The normalized spacial score (nSPS) is 11.3. The van der Waals surface area contributed by atoms with E-state index in [4.69, 9.17) is 0 Å². The molecule has 0 saturated carbocycles. The highest BCUT2D eigenvalue weighted by Crippen LogP contribution is 2.39.